The first-order valence-corrected chi connectivity index (χ1v) is 7.43. The predicted octanol–water partition coefficient (Wildman–Crippen LogP) is 3.49. The molecular formula is C17H23N3. The fourth-order valence-corrected chi connectivity index (χ4v) is 3.14. The van der Waals surface area contributed by atoms with E-state index in [4.69, 9.17) is 0 Å². The summed E-state index contributed by atoms with van der Waals surface area (Å²) in [5, 5.41) is 4.27. The molecule has 0 N–H and O–H groups in total. The zero-order valence-electron chi connectivity index (χ0n) is 12.8. The second kappa shape index (κ2) is 4.97. The van der Waals surface area contributed by atoms with Gasteiger partial charge in [0.1, 0.15) is 0 Å². The minimum Gasteiger partial charge on any atom is -0.369 e. The monoisotopic (exact) mass is 269 g/mol. The SMILES string of the molecule is CC(C)N1C[C@H](C)Cc2cc(-c3cnn(C)c3)ccc21. The molecule has 0 radical (unpaired) electrons. The van der Waals surface area contributed by atoms with Gasteiger partial charge >= 0.3 is 0 Å². The van der Waals surface area contributed by atoms with Crippen molar-refractivity contribution < 1.29 is 0 Å². The number of fused-ring (bicyclic) bond motifs is 1. The smallest absolute Gasteiger partial charge is 0.0568 e. The lowest BCUT2D eigenvalue weighted by Crippen LogP contribution is -2.39. The van der Waals surface area contributed by atoms with E-state index in [0.29, 0.717) is 12.0 Å². The van der Waals surface area contributed by atoms with Crippen LogP contribution in [0.2, 0.25) is 0 Å². The number of aryl methyl sites for hydroxylation is 1. The van der Waals surface area contributed by atoms with Crippen molar-refractivity contribution in [2.45, 2.75) is 33.2 Å². The Labute approximate surface area is 121 Å². The molecule has 0 spiro atoms. The Hall–Kier alpha value is -1.77. The van der Waals surface area contributed by atoms with E-state index in [1.165, 1.54) is 28.8 Å². The summed E-state index contributed by atoms with van der Waals surface area (Å²) in [4.78, 5) is 2.52. The Kier molecular flexibility index (Phi) is 3.28. The predicted molar refractivity (Wildman–Crippen MR) is 84.0 cm³/mol. The maximum atomic E-state index is 4.27. The molecule has 1 aromatic heterocycles. The molecule has 106 valence electrons. The molecule has 3 heteroatoms. The largest absolute Gasteiger partial charge is 0.369 e. The van der Waals surface area contributed by atoms with Gasteiger partial charge in [-0.2, -0.15) is 5.10 Å². The summed E-state index contributed by atoms with van der Waals surface area (Å²) in [6.07, 6.45) is 5.19. The molecule has 0 saturated carbocycles. The topological polar surface area (TPSA) is 21.1 Å². The second-order valence-corrected chi connectivity index (χ2v) is 6.30. The molecule has 0 unspecified atom stereocenters. The van der Waals surface area contributed by atoms with E-state index >= 15 is 0 Å². The number of benzene rings is 1. The van der Waals surface area contributed by atoms with E-state index in [1.807, 2.05) is 17.9 Å². The highest BCUT2D eigenvalue weighted by Crippen LogP contribution is 2.34. The molecule has 0 saturated heterocycles. The third-order valence-electron chi connectivity index (χ3n) is 4.13. The van der Waals surface area contributed by atoms with Crippen molar-refractivity contribution in [3.63, 3.8) is 0 Å². The van der Waals surface area contributed by atoms with E-state index in [1.54, 1.807) is 0 Å². The zero-order valence-corrected chi connectivity index (χ0v) is 12.8. The average molecular weight is 269 g/mol. The van der Waals surface area contributed by atoms with Crippen LogP contribution >= 0.6 is 0 Å². The first kappa shape index (κ1) is 13.2. The number of hydrogen-bond acceptors (Lipinski definition) is 2. The summed E-state index contributed by atoms with van der Waals surface area (Å²) in [6, 6.07) is 7.41. The highest BCUT2D eigenvalue weighted by atomic mass is 15.2. The first-order chi connectivity index (χ1) is 9.54. The standard InChI is InChI=1S/C17H23N3/c1-12(2)20-10-13(3)7-15-8-14(5-6-17(15)20)16-9-18-19(4)11-16/h5-6,8-9,11-13H,7,10H2,1-4H3/t13-/m1/s1. The molecular weight excluding hydrogens is 246 g/mol. The number of aromatic nitrogens is 2. The van der Waals surface area contributed by atoms with Crippen molar-refractivity contribution in [3.05, 3.63) is 36.2 Å². The minimum absolute atomic E-state index is 0.556. The summed E-state index contributed by atoms with van der Waals surface area (Å²) in [7, 11) is 1.96. The third-order valence-corrected chi connectivity index (χ3v) is 4.13. The van der Waals surface area contributed by atoms with Crippen molar-refractivity contribution in [2.24, 2.45) is 13.0 Å². The molecule has 3 rings (SSSR count). The molecule has 2 heterocycles. The van der Waals surface area contributed by atoms with Gasteiger partial charge in [0.05, 0.1) is 6.20 Å². The van der Waals surface area contributed by atoms with Gasteiger partial charge in [-0.15, -0.1) is 0 Å². The van der Waals surface area contributed by atoms with Crippen LogP contribution in [0.1, 0.15) is 26.3 Å². The quantitative estimate of drug-likeness (QED) is 0.832. The fraction of sp³-hybridized carbons (Fsp3) is 0.471. The lowest BCUT2D eigenvalue weighted by Gasteiger charge is -2.38. The number of nitrogens with zero attached hydrogens (tertiary/aromatic N) is 3. The number of anilines is 1. The summed E-state index contributed by atoms with van der Waals surface area (Å²) < 4.78 is 1.86. The molecule has 1 atom stereocenters. The normalized spacial score (nSPS) is 18.4. The van der Waals surface area contributed by atoms with E-state index in [-0.39, 0.29) is 0 Å². The highest BCUT2D eigenvalue weighted by Gasteiger charge is 2.23. The molecule has 3 nitrogen and oxygen atoms in total. The van der Waals surface area contributed by atoms with E-state index in [0.717, 1.165) is 6.54 Å². The summed E-state index contributed by atoms with van der Waals surface area (Å²) in [6.45, 7) is 8.06. The zero-order chi connectivity index (χ0) is 14.3. The molecule has 0 bridgehead atoms. The maximum Gasteiger partial charge on any atom is 0.0568 e. The van der Waals surface area contributed by atoms with E-state index in [9.17, 15) is 0 Å². The molecule has 0 aliphatic carbocycles. The van der Waals surface area contributed by atoms with Gasteiger partial charge in [0.15, 0.2) is 0 Å². The maximum absolute atomic E-state index is 4.27. The Morgan fingerprint density at radius 1 is 1.25 bits per heavy atom. The Morgan fingerprint density at radius 3 is 2.70 bits per heavy atom. The summed E-state index contributed by atoms with van der Waals surface area (Å²) in [5.41, 5.74) is 5.35. The second-order valence-electron chi connectivity index (χ2n) is 6.30. The van der Waals surface area contributed by atoms with Gasteiger partial charge in [0.25, 0.3) is 0 Å². The molecule has 0 fully saturated rings. The lowest BCUT2D eigenvalue weighted by molar-refractivity contribution is 0.505. The van der Waals surface area contributed by atoms with Crippen LogP contribution in [0.5, 0.6) is 0 Å². The average Bonchev–Trinajstić information content (AvgIpc) is 2.83. The number of hydrogen-bond donors (Lipinski definition) is 0. The van der Waals surface area contributed by atoms with Crippen LogP contribution < -0.4 is 4.90 Å². The Balaban J connectivity index is 2.02. The molecule has 20 heavy (non-hydrogen) atoms. The van der Waals surface area contributed by atoms with Gasteiger partial charge in [0.2, 0.25) is 0 Å². The molecule has 2 aromatic rings. The Morgan fingerprint density at radius 2 is 2.05 bits per heavy atom. The molecule has 1 aliphatic heterocycles. The first-order valence-electron chi connectivity index (χ1n) is 7.43. The van der Waals surface area contributed by atoms with Gasteiger partial charge in [-0.3, -0.25) is 4.68 Å². The van der Waals surface area contributed by atoms with Crippen molar-refractivity contribution >= 4 is 5.69 Å². The highest BCUT2D eigenvalue weighted by molar-refractivity contribution is 5.69. The molecule has 0 amide bonds. The van der Waals surface area contributed by atoms with Crippen molar-refractivity contribution in [3.8, 4) is 11.1 Å². The van der Waals surface area contributed by atoms with Crippen LogP contribution in [0.3, 0.4) is 0 Å². The van der Waals surface area contributed by atoms with Crippen molar-refractivity contribution in [1.29, 1.82) is 0 Å². The van der Waals surface area contributed by atoms with E-state index in [2.05, 4.69) is 55.2 Å². The minimum atomic E-state index is 0.556. The van der Waals surface area contributed by atoms with E-state index < -0.39 is 0 Å². The Bertz CT molecular complexity index is 612. The molecule has 1 aliphatic rings. The van der Waals surface area contributed by atoms with Crippen LogP contribution in [-0.4, -0.2) is 22.4 Å². The van der Waals surface area contributed by atoms with Crippen molar-refractivity contribution in [2.75, 3.05) is 11.4 Å². The molecule has 1 aromatic carbocycles. The third kappa shape index (κ3) is 2.33. The van der Waals surface area contributed by atoms with Gasteiger partial charge in [-0.1, -0.05) is 13.0 Å². The van der Waals surface area contributed by atoms with Gasteiger partial charge in [-0.25, -0.2) is 0 Å². The van der Waals surface area contributed by atoms with Crippen LogP contribution in [-0.2, 0) is 13.5 Å². The summed E-state index contributed by atoms with van der Waals surface area (Å²) in [5.74, 6) is 0.717. The van der Waals surface area contributed by atoms with Crippen LogP contribution in [0.15, 0.2) is 30.6 Å². The number of rotatable bonds is 2. The van der Waals surface area contributed by atoms with Crippen LogP contribution in [0.25, 0.3) is 11.1 Å². The van der Waals surface area contributed by atoms with Crippen LogP contribution in [0.4, 0.5) is 5.69 Å². The van der Waals surface area contributed by atoms with Crippen molar-refractivity contribution in [1.82, 2.24) is 9.78 Å². The lowest BCUT2D eigenvalue weighted by atomic mass is 9.91. The van der Waals surface area contributed by atoms with Crippen LogP contribution in [0, 0.1) is 5.92 Å². The fourth-order valence-electron chi connectivity index (χ4n) is 3.14. The summed E-state index contributed by atoms with van der Waals surface area (Å²) >= 11 is 0. The van der Waals surface area contributed by atoms with Gasteiger partial charge < -0.3 is 4.90 Å². The van der Waals surface area contributed by atoms with Gasteiger partial charge in [0, 0.05) is 37.1 Å². The van der Waals surface area contributed by atoms with Gasteiger partial charge in [-0.05, 0) is 49.4 Å².